The topological polar surface area (TPSA) is 40.5 Å². The van der Waals surface area contributed by atoms with Crippen LogP contribution in [-0.2, 0) is 12.8 Å². The highest BCUT2D eigenvalue weighted by molar-refractivity contribution is 9.10. The number of phenols is 2. The highest BCUT2D eigenvalue weighted by Crippen LogP contribution is 2.41. The Morgan fingerprint density at radius 2 is 1.48 bits per heavy atom. The molecule has 2 aromatic carbocycles. The molecule has 0 saturated carbocycles. The third kappa shape index (κ3) is 3.59. The van der Waals surface area contributed by atoms with Gasteiger partial charge in [-0.05, 0) is 64.2 Å². The lowest BCUT2D eigenvalue weighted by molar-refractivity contribution is 0.467. The van der Waals surface area contributed by atoms with Gasteiger partial charge in [0, 0.05) is 11.1 Å². The Morgan fingerprint density at radius 1 is 0.857 bits per heavy atom. The van der Waals surface area contributed by atoms with Crippen LogP contribution in [0.2, 0.25) is 0 Å². The fourth-order valence-electron chi connectivity index (χ4n) is 2.54. The third-order valence-electron chi connectivity index (χ3n) is 3.55. The van der Waals surface area contributed by atoms with Crippen LogP contribution in [0.1, 0.15) is 37.8 Å². The number of aryl methyl sites for hydroxylation is 2. The van der Waals surface area contributed by atoms with E-state index in [1.807, 2.05) is 24.3 Å². The van der Waals surface area contributed by atoms with E-state index in [0.29, 0.717) is 15.6 Å². The Bertz CT molecular complexity index is 635. The van der Waals surface area contributed by atoms with Crippen molar-refractivity contribution in [2.24, 2.45) is 0 Å². The summed E-state index contributed by atoms with van der Waals surface area (Å²) in [5, 5.41) is 20.5. The maximum Gasteiger partial charge on any atom is 0.137 e. The summed E-state index contributed by atoms with van der Waals surface area (Å²) in [5.41, 5.74) is 3.69. The third-order valence-corrected chi connectivity index (χ3v) is 4.16. The van der Waals surface area contributed by atoms with Gasteiger partial charge < -0.3 is 10.2 Å². The predicted molar refractivity (Wildman–Crippen MR) is 90.9 cm³/mol. The Balaban J connectivity index is 2.57. The van der Waals surface area contributed by atoms with Crippen molar-refractivity contribution >= 4 is 15.9 Å². The van der Waals surface area contributed by atoms with E-state index in [4.69, 9.17) is 0 Å². The molecule has 3 heteroatoms. The van der Waals surface area contributed by atoms with E-state index in [2.05, 4.69) is 29.8 Å². The van der Waals surface area contributed by atoms with Crippen LogP contribution in [0.4, 0.5) is 0 Å². The summed E-state index contributed by atoms with van der Waals surface area (Å²) in [5.74, 6) is 0.379. The van der Waals surface area contributed by atoms with Crippen molar-refractivity contribution in [2.45, 2.75) is 39.5 Å². The van der Waals surface area contributed by atoms with Gasteiger partial charge in [0.2, 0.25) is 0 Å². The Kier molecular flexibility index (Phi) is 5.29. The first-order valence-corrected chi connectivity index (χ1v) is 8.19. The second kappa shape index (κ2) is 6.99. The van der Waals surface area contributed by atoms with Crippen molar-refractivity contribution < 1.29 is 10.2 Å². The van der Waals surface area contributed by atoms with Crippen LogP contribution in [0.15, 0.2) is 34.8 Å². The molecule has 0 aromatic heterocycles. The van der Waals surface area contributed by atoms with Gasteiger partial charge in [0.25, 0.3) is 0 Å². The molecule has 0 amide bonds. The van der Waals surface area contributed by atoms with E-state index in [1.165, 1.54) is 5.56 Å². The van der Waals surface area contributed by atoms with Crippen molar-refractivity contribution in [2.75, 3.05) is 0 Å². The van der Waals surface area contributed by atoms with Crippen molar-refractivity contribution in [3.63, 3.8) is 0 Å². The van der Waals surface area contributed by atoms with Gasteiger partial charge in [-0.25, -0.2) is 0 Å². The molecule has 0 radical (unpaired) electrons. The molecule has 2 aromatic rings. The molecule has 0 saturated heterocycles. The van der Waals surface area contributed by atoms with Crippen LogP contribution in [0.5, 0.6) is 11.5 Å². The number of hydrogen-bond donors (Lipinski definition) is 2. The van der Waals surface area contributed by atoms with Crippen LogP contribution in [0.3, 0.4) is 0 Å². The van der Waals surface area contributed by atoms with E-state index in [1.54, 1.807) is 6.07 Å². The largest absolute Gasteiger partial charge is 0.507 e. The van der Waals surface area contributed by atoms with Crippen molar-refractivity contribution in [3.8, 4) is 22.6 Å². The highest BCUT2D eigenvalue weighted by atomic mass is 79.9. The molecule has 0 fully saturated rings. The van der Waals surface area contributed by atoms with Gasteiger partial charge in [-0.15, -0.1) is 0 Å². The van der Waals surface area contributed by atoms with E-state index < -0.39 is 0 Å². The minimum atomic E-state index is 0.179. The first-order chi connectivity index (χ1) is 10.1. The fraction of sp³-hybridized carbons (Fsp3) is 0.333. The van der Waals surface area contributed by atoms with Crippen LogP contribution in [-0.4, -0.2) is 10.2 Å². The van der Waals surface area contributed by atoms with Gasteiger partial charge >= 0.3 is 0 Å². The van der Waals surface area contributed by atoms with Crippen LogP contribution < -0.4 is 0 Å². The molecule has 0 aliphatic heterocycles. The van der Waals surface area contributed by atoms with Gasteiger partial charge in [-0.3, -0.25) is 0 Å². The number of hydrogen-bond acceptors (Lipinski definition) is 2. The van der Waals surface area contributed by atoms with Crippen molar-refractivity contribution in [1.82, 2.24) is 0 Å². The molecule has 0 heterocycles. The molecule has 0 atom stereocenters. The van der Waals surface area contributed by atoms with Crippen molar-refractivity contribution in [1.29, 1.82) is 0 Å². The molecule has 2 nitrogen and oxygen atoms in total. The average Bonchev–Trinajstić information content (AvgIpc) is 2.45. The first kappa shape index (κ1) is 15.9. The predicted octanol–water partition coefficient (Wildman–Crippen LogP) is 5.43. The van der Waals surface area contributed by atoms with Crippen LogP contribution in [0, 0.1) is 0 Å². The number of benzene rings is 2. The summed E-state index contributed by atoms with van der Waals surface area (Å²) in [6.07, 6.45) is 4.00. The minimum absolute atomic E-state index is 0.179. The van der Waals surface area contributed by atoms with Crippen LogP contribution >= 0.6 is 15.9 Å². The maximum absolute atomic E-state index is 10.3. The molecular formula is C18H21BrO2. The van der Waals surface area contributed by atoms with Gasteiger partial charge in [-0.2, -0.15) is 0 Å². The SMILES string of the molecule is CCCc1ccc(O)c(-c2cc(CCC)cc(Br)c2O)c1. The second-order valence-electron chi connectivity index (χ2n) is 5.33. The van der Waals surface area contributed by atoms with Crippen LogP contribution in [0.25, 0.3) is 11.1 Å². The Labute approximate surface area is 134 Å². The van der Waals surface area contributed by atoms with Gasteiger partial charge in [0.1, 0.15) is 11.5 Å². The Hall–Kier alpha value is -1.48. The number of aromatic hydroxyl groups is 2. The Morgan fingerprint density at radius 3 is 2.14 bits per heavy atom. The molecule has 0 aliphatic carbocycles. The summed E-state index contributed by atoms with van der Waals surface area (Å²) >= 11 is 3.41. The van der Waals surface area contributed by atoms with E-state index in [0.717, 1.165) is 31.2 Å². The number of halogens is 1. The van der Waals surface area contributed by atoms with E-state index in [-0.39, 0.29) is 11.5 Å². The summed E-state index contributed by atoms with van der Waals surface area (Å²) < 4.78 is 0.670. The quantitative estimate of drug-likeness (QED) is 0.755. The lowest BCUT2D eigenvalue weighted by Crippen LogP contribution is -1.90. The molecule has 2 rings (SSSR count). The number of rotatable bonds is 5. The zero-order valence-corrected chi connectivity index (χ0v) is 14.1. The standard InChI is InChI=1S/C18H21BrO2/c1-3-5-12-7-8-17(20)14(9-12)15-10-13(6-4-2)11-16(19)18(15)21/h7-11,20-21H,3-6H2,1-2H3. The molecule has 21 heavy (non-hydrogen) atoms. The van der Waals surface area contributed by atoms with E-state index in [9.17, 15) is 10.2 Å². The smallest absolute Gasteiger partial charge is 0.137 e. The highest BCUT2D eigenvalue weighted by Gasteiger charge is 2.14. The maximum atomic E-state index is 10.3. The first-order valence-electron chi connectivity index (χ1n) is 7.40. The molecule has 0 bridgehead atoms. The molecule has 0 unspecified atom stereocenters. The van der Waals surface area contributed by atoms with Gasteiger partial charge in [-0.1, -0.05) is 32.8 Å². The van der Waals surface area contributed by atoms with Gasteiger partial charge in [0.05, 0.1) is 4.47 Å². The molecular weight excluding hydrogens is 328 g/mol. The zero-order valence-electron chi connectivity index (χ0n) is 12.5. The van der Waals surface area contributed by atoms with Crippen molar-refractivity contribution in [3.05, 3.63) is 45.9 Å². The summed E-state index contributed by atoms with van der Waals surface area (Å²) in [6, 6.07) is 9.52. The zero-order chi connectivity index (χ0) is 15.4. The summed E-state index contributed by atoms with van der Waals surface area (Å²) in [7, 11) is 0. The normalized spacial score (nSPS) is 10.8. The molecule has 0 aliphatic rings. The lowest BCUT2D eigenvalue weighted by Gasteiger charge is -2.13. The molecule has 2 N–H and O–H groups in total. The summed E-state index contributed by atoms with van der Waals surface area (Å²) in [6.45, 7) is 4.25. The lowest BCUT2D eigenvalue weighted by atomic mass is 9.96. The molecule has 112 valence electrons. The van der Waals surface area contributed by atoms with E-state index >= 15 is 0 Å². The monoisotopic (exact) mass is 348 g/mol. The fourth-order valence-corrected chi connectivity index (χ4v) is 3.04. The minimum Gasteiger partial charge on any atom is -0.507 e. The average molecular weight is 349 g/mol. The summed E-state index contributed by atoms with van der Waals surface area (Å²) in [4.78, 5) is 0. The number of phenolic OH excluding ortho intramolecular Hbond substituents is 2. The van der Waals surface area contributed by atoms with Gasteiger partial charge in [0.15, 0.2) is 0 Å². The molecule has 0 spiro atoms. The second-order valence-corrected chi connectivity index (χ2v) is 6.18.